The molecular weight excluding hydrogens is 246 g/mol. The molecule has 0 aromatic heterocycles. The van der Waals surface area contributed by atoms with Gasteiger partial charge >= 0.3 is 0 Å². The molecule has 2 N–H and O–H groups in total. The van der Waals surface area contributed by atoms with Crippen molar-refractivity contribution in [3.63, 3.8) is 0 Å². The van der Waals surface area contributed by atoms with E-state index in [4.69, 9.17) is 5.73 Å². The van der Waals surface area contributed by atoms with Crippen LogP contribution in [0.3, 0.4) is 0 Å². The zero-order chi connectivity index (χ0) is 15.0. The van der Waals surface area contributed by atoms with E-state index < -0.39 is 0 Å². The zero-order valence-corrected chi connectivity index (χ0v) is 13.4. The lowest BCUT2D eigenvalue weighted by atomic mass is 9.69. The summed E-state index contributed by atoms with van der Waals surface area (Å²) < 4.78 is 0. The lowest BCUT2D eigenvalue weighted by molar-refractivity contribution is -0.120. The van der Waals surface area contributed by atoms with Crippen LogP contribution in [0.15, 0.2) is 24.3 Å². The molecule has 0 aromatic carbocycles. The SMILES string of the molecule is CC(C)(CC(N)=O)C1CCCCC1.CC1C=CC=CC1. The molecule has 0 aromatic rings. The zero-order valence-electron chi connectivity index (χ0n) is 13.4. The summed E-state index contributed by atoms with van der Waals surface area (Å²) in [4.78, 5) is 10.9. The fraction of sp³-hybridized carbons (Fsp3) is 0.722. The van der Waals surface area contributed by atoms with Crippen molar-refractivity contribution in [1.29, 1.82) is 0 Å². The van der Waals surface area contributed by atoms with Crippen molar-refractivity contribution in [2.24, 2.45) is 23.0 Å². The minimum absolute atomic E-state index is 0.117. The van der Waals surface area contributed by atoms with Crippen molar-refractivity contribution < 1.29 is 4.79 Å². The van der Waals surface area contributed by atoms with Gasteiger partial charge in [0.15, 0.2) is 0 Å². The summed E-state index contributed by atoms with van der Waals surface area (Å²) in [7, 11) is 0. The van der Waals surface area contributed by atoms with Crippen molar-refractivity contribution in [1.82, 2.24) is 0 Å². The Bertz CT molecular complexity index is 348. The number of hydrogen-bond acceptors (Lipinski definition) is 1. The van der Waals surface area contributed by atoms with E-state index in [0.717, 1.165) is 5.92 Å². The maximum Gasteiger partial charge on any atom is 0.217 e. The van der Waals surface area contributed by atoms with Gasteiger partial charge in [0, 0.05) is 6.42 Å². The molecule has 0 spiro atoms. The molecule has 0 radical (unpaired) electrons. The number of carbonyl (C=O) groups is 1. The lowest BCUT2D eigenvalue weighted by Gasteiger charge is -2.36. The Hall–Kier alpha value is -1.05. The van der Waals surface area contributed by atoms with Crippen LogP contribution in [-0.2, 0) is 4.79 Å². The minimum Gasteiger partial charge on any atom is -0.370 e. The maximum atomic E-state index is 10.9. The van der Waals surface area contributed by atoms with Gasteiger partial charge in [-0.2, -0.15) is 0 Å². The van der Waals surface area contributed by atoms with Crippen molar-refractivity contribution in [2.45, 2.75) is 65.7 Å². The van der Waals surface area contributed by atoms with E-state index in [0.29, 0.717) is 12.3 Å². The molecule has 0 heterocycles. The number of rotatable bonds is 3. The average Bonchev–Trinajstić information content (AvgIpc) is 2.40. The topological polar surface area (TPSA) is 43.1 Å². The van der Waals surface area contributed by atoms with Crippen molar-refractivity contribution in [3.05, 3.63) is 24.3 Å². The van der Waals surface area contributed by atoms with Crippen LogP contribution in [0.4, 0.5) is 0 Å². The highest BCUT2D eigenvalue weighted by Gasteiger charge is 2.31. The quantitative estimate of drug-likeness (QED) is 0.804. The molecule has 1 unspecified atom stereocenters. The second-order valence-corrected chi connectivity index (χ2v) is 6.99. The molecule has 2 aliphatic rings. The minimum atomic E-state index is -0.157. The highest BCUT2D eigenvalue weighted by atomic mass is 16.1. The third-order valence-corrected chi connectivity index (χ3v) is 4.53. The third-order valence-electron chi connectivity index (χ3n) is 4.53. The van der Waals surface area contributed by atoms with E-state index in [2.05, 4.69) is 45.1 Å². The van der Waals surface area contributed by atoms with Crippen molar-refractivity contribution in [2.75, 3.05) is 0 Å². The number of amides is 1. The van der Waals surface area contributed by atoms with E-state index in [-0.39, 0.29) is 11.3 Å². The van der Waals surface area contributed by atoms with Gasteiger partial charge in [-0.1, -0.05) is 64.3 Å². The molecule has 114 valence electrons. The molecule has 0 bridgehead atoms. The van der Waals surface area contributed by atoms with Gasteiger partial charge in [0.25, 0.3) is 0 Å². The predicted molar refractivity (Wildman–Crippen MR) is 86.2 cm³/mol. The summed E-state index contributed by atoms with van der Waals surface area (Å²) in [6, 6.07) is 0. The summed E-state index contributed by atoms with van der Waals surface area (Å²) in [5, 5.41) is 0. The van der Waals surface area contributed by atoms with Gasteiger partial charge in [0.05, 0.1) is 0 Å². The second-order valence-electron chi connectivity index (χ2n) is 6.99. The first kappa shape index (κ1) is 17.0. The standard InChI is InChI=1S/C11H21NO.C7H10/c1-11(2,8-10(12)13)9-6-4-3-5-7-9;1-7-5-3-2-4-6-7/h9H,3-8H2,1-2H3,(H2,12,13);2-5,7H,6H2,1H3. The number of nitrogens with two attached hydrogens (primary N) is 1. The second kappa shape index (κ2) is 8.28. The van der Waals surface area contributed by atoms with Crippen LogP contribution in [-0.4, -0.2) is 5.91 Å². The largest absolute Gasteiger partial charge is 0.370 e. The van der Waals surface area contributed by atoms with Crippen LogP contribution in [0.5, 0.6) is 0 Å². The van der Waals surface area contributed by atoms with Crippen LogP contribution in [0.1, 0.15) is 65.7 Å². The number of primary amides is 1. The molecule has 20 heavy (non-hydrogen) atoms. The summed E-state index contributed by atoms with van der Waals surface area (Å²) in [5.74, 6) is 1.31. The normalized spacial score (nSPS) is 23.1. The van der Waals surface area contributed by atoms with Crippen LogP contribution in [0, 0.1) is 17.3 Å². The van der Waals surface area contributed by atoms with Gasteiger partial charge in [-0.15, -0.1) is 0 Å². The molecular formula is C18H31NO. The van der Waals surface area contributed by atoms with Crippen LogP contribution < -0.4 is 5.73 Å². The third kappa shape index (κ3) is 6.40. The fourth-order valence-corrected chi connectivity index (χ4v) is 3.18. The van der Waals surface area contributed by atoms with E-state index in [1.165, 1.54) is 38.5 Å². The van der Waals surface area contributed by atoms with Gasteiger partial charge in [-0.05, 0) is 36.5 Å². The monoisotopic (exact) mass is 277 g/mol. The van der Waals surface area contributed by atoms with Crippen molar-refractivity contribution in [3.8, 4) is 0 Å². The molecule has 0 aliphatic heterocycles. The Kier molecular flexibility index (Phi) is 7.04. The Morgan fingerprint density at radius 3 is 2.25 bits per heavy atom. The van der Waals surface area contributed by atoms with E-state index in [9.17, 15) is 4.79 Å². The van der Waals surface area contributed by atoms with E-state index in [1.807, 2.05) is 0 Å². The van der Waals surface area contributed by atoms with Crippen molar-refractivity contribution >= 4 is 5.91 Å². The summed E-state index contributed by atoms with van der Waals surface area (Å²) in [5.41, 5.74) is 5.36. The first-order valence-electron chi connectivity index (χ1n) is 8.03. The number of hydrogen-bond donors (Lipinski definition) is 1. The van der Waals surface area contributed by atoms with Crippen LogP contribution in [0.25, 0.3) is 0 Å². The molecule has 1 saturated carbocycles. The summed E-state index contributed by atoms with van der Waals surface area (Å²) >= 11 is 0. The Morgan fingerprint density at radius 1 is 1.20 bits per heavy atom. The predicted octanol–water partition coefficient (Wildman–Crippen LogP) is 4.61. The molecule has 2 aliphatic carbocycles. The average molecular weight is 277 g/mol. The molecule has 1 fully saturated rings. The first-order chi connectivity index (χ1) is 9.42. The Morgan fingerprint density at radius 2 is 1.85 bits per heavy atom. The Balaban J connectivity index is 0.000000240. The molecule has 2 nitrogen and oxygen atoms in total. The van der Waals surface area contributed by atoms with E-state index >= 15 is 0 Å². The molecule has 0 saturated heterocycles. The molecule has 2 rings (SSSR count). The summed E-state index contributed by atoms with van der Waals surface area (Å²) in [6.07, 6.45) is 17.0. The van der Waals surface area contributed by atoms with E-state index in [1.54, 1.807) is 0 Å². The summed E-state index contributed by atoms with van der Waals surface area (Å²) in [6.45, 7) is 6.57. The Labute approximate surface area is 124 Å². The number of carbonyl (C=O) groups excluding carboxylic acids is 1. The van der Waals surface area contributed by atoms with Gasteiger partial charge < -0.3 is 5.73 Å². The van der Waals surface area contributed by atoms with Crippen LogP contribution in [0.2, 0.25) is 0 Å². The van der Waals surface area contributed by atoms with Crippen LogP contribution >= 0.6 is 0 Å². The van der Waals surface area contributed by atoms with Gasteiger partial charge in [0.1, 0.15) is 0 Å². The fourth-order valence-electron chi connectivity index (χ4n) is 3.18. The van der Waals surface area contributed by atoms with Gasteiger partial charge in [-0.3, -0.25) is 4.79 Å². The maximum absolute atomic E-state index is 10.9. The van der Waals surface area contributed by atoms with Gasteiger partial charge in [0.2, 0.25) is 5.91 Å². The highest BCUT2D eigenvalue weighted by Crippen LogP contribution is 2.40. The first-order valence-corrected chi connectivity index (χ1v) is 8.03. The lowest BCUT2D eigenvalue weighted by Crippen LogP contribution is -2.31. The smallest absolute Gasteiger partial charge is 0.217 e. The molecule has 1 atom stereocenters. The highest BCUT2D eigenvalue weighted by molar-refractivity contribution is 5.74. The molecule has 2 heteroatoms. The number of allylic oxidation sites excluding steroid dienone is 4. The van der Waals surface area contributed by atoms with Gasteiger partial charge in [-0.25, -0.2) is 0 Å². The molecule has 1 amide bonds.